The van der Waals surface area contributed by atoms with Gasteiger partial charge in [0.2, 0.25) is 0 Å². The van der Waals surface area contributed by atoms with Gasteiger partial charge in [0.25, 0.3) is 0 Å². The number of aromatic nitrogens is 5. The number of hydrogen-bond acceptors (Lipinski definition) is 4. The predicted octanol–water partition coefficient (Wildman–Crippen LogP) is 9.91. The standard InChI is InChI=1S/C40H29N5O/c1-24-19-25(2)38(26(3)20-24)33-23-44-35-11-8-18-42-39(35)31-16-14-27(21-32(31)40(44)43-33)46-28-13-15-30-29-9-4-5-10-34(29)45(36(30)22-28)37-12-6-7-17-41-37/h4-23H,1-3H3. The summed E-state index contributed by atoms with van der Waals surface area (Å²) in [5.41, 5.74) is 10.8. The first-order valence-corrected chi connectivity index (χ1v) is 15.4. The molecule has 0 aliphatic rings. The van der Waals surface area contributed by atoms with E-state index >= 15 is 0 Å². The summed E-state index contributed by atoms with van der Waals surface area (Å²) in [6.45, 7) is 6.46. The first-order valence-electron chi connectivity index (χ1n) is 15.4. The first-order chi connectivity index (χ1) is 22.5. The lowest BCUT2D eigenvalue weighted by atomic mass is 9.98. The van der Waals surface area contributed by atoms with E-state index in [9.17, 15) is 0 Å². The molecule has 6 nitrogen and oxygen atoms in total. The summed E-state index contributed by atoms with van der Waals surface area (Å²) in [4.78, 5) is 14.7. The molecule has 0 saturated carbocycles. The van der Waals surface area contributed by atoms with Gasteiger partial charge in [-0.1, -0.05) is 42.0 Å². The molecule has 9 aromatic rings. The Morgan fingerprint density at radius 3 is 2.13 bits per heavy atom. The zero-order valence-corrected chi connectivity index (χ0v) is 25.7. The van der Waals surface area contributed by atoms with E-state index < -0.39 is 0 Å². The lowest BCUT2D eigenvalue weighted by molar-refractivity contribution is 0.484. The number of aryl methyl sites for hydroxylation is 3. The Labute approximate surface area is 265 Å². The molecule has 0 spiro atoms. The molecule has 6 heteroatoms. The highest BCUT2D eigenvalue weighted by atomic mass is 16.5. The van der Waals surface area contributed by atoms with Crippen LogP contribution < -0.4 is 4.74 Å². The molecule has 0 saturated heterocycles. The Balaban J connectivity index is 1.22. The van der Waals surface area contributed by atoms with Gasteiger partial charge in [-0.25, -0.2) is 9.97 Å². The number of hydrogen-bond donors (Lipinski definition) is 0. The fourth-order valence-corrected chi connectivity index (χ4v) is 7.12. The number of benzene rings is 4. The largest absolute Gasteiger partial charge is 0.457 e. The molecule has 0 aliphatic carbocycles. The van der Waals surface area contributed by atoms with Crippen molar-refractivity contribution >= 4 is 49.3 Å². The molecular formula is C40H29N5O. The second kappa shape index (κ2) is 10.0. The van der Waals surface area contributed by atoms with Gasteiger partial charge in [-0.2, -0.15) is 0 Å². The van der Waals surface area contributed by atoms with E-state index in [0.29, 0.717) is 0 Å². The van der Waals surface area contributed by atoms with Gasteiger partial charge in [0.15, 0.2) is 0 Å². The van der Waals surface area contributed by atoms with Crippen LogP contribution in [0.1, 0.15) is 16.7 Å². The van der Waals surface area contributed by atoms with Crippen LogP contribution in [0.2, 0.25) is 0 Å². The number of nitrogens with zero attached hydrogens (tertiary/aromatic N) is 5. The zero-order chi connectivity index (χ0) is 30.9. The lowest BCUT2D eigenvalue weighted by Crippen LogP contribution is -1.96. The van der Waals surface area contributed by atoms with Crippen LogP contribution in [0.15, 0.2) is 122 Å². The highest BCUT2D eigenvalue weighted by Gasteiger charge is 2.18. The van der Waals surface area contributed by atoms with E-state index in [0.717, 1.165) is 66.9 Å². The molecule has 0 N–H and O–H groups in total. The van der Waals surface area contributed by atoms with Crippen LogP contribution in [0.5, 0.6) is 11.5 Å². The van der Waals surface area contributed by atoms with E-state index in [1.165, 1.54) is 27.6 Å². The molecule has 0 atom stereocenters. The van der Waals surface area contributed by atoms with Crippen molar-refractivity contribution in [1.29, 1.82) is 0 Å². The third-order valence-electron chi connectivity index (χ3n) is 8.93. The van der Waals surface area contributed by atoms with E-state index in [-0.39, 0.29) is 0 Å². The summed E-state index contributed by atoms with van der Waals surface area (Å²) in [5.74, 6) is 2.35. The smallest absolute Gasteiger partial charge is 0.146 e. The molecule has 0 fully saturated rings. The molecule has 0 bridgehead atoms. The highest BCUT2D eigenvalue weighted by molar-refractivity contribution is 6.11. The third kappa shape index (κ3) is 4.00. The quantitative estimate of drug-likeness (QED) is 0.190. The number of fused-ring (bicyclic) bond motifs is 9. The monoisotopic (exact) mass is 595 g/mol. The second-order valence-electron chi connectivity index (χ2n) is 12.0. The van der Waals surface area contributed by atoms with Gasteiger partial charge in [0.05, 0.1) is 27.8 Å². The van der Waals surface area contributed by atoms with Crippen molar-refractivity contribution in [1.82, 2.24) is 23.9 Å². The Hall–Kier alpha value is -6.01. The third-order valence-corrected chi connectivity index (χ3v) is 8.93. The number of rotatable bonds is 4. The maximum absolute atomic E-state index is 6.59. The molecule has 0 radical (unpaired) electrons. The summed E-state index contributed by atoms with van der Waals surface area (Å²) < 4.78 is 11.0. The highest BCUT2D eigenvalue weighted by Crippen LogP contribution is 2.38. The van der Waals surface area contributed by atoms with Crippen molar-refractivity contribution in [2.24, 2.45) is 0 Å². The van der Waals surface area contributed by atoms with Crippen LogP contribution in [0.4, 0.5) is 0 Å². The fourth-order valence-electron chi connectivity index (χ4n) is 7.12. The van der Waals surface area contributed by atoms with Crippen molar-refractivity contribution in [3.63, 3.8) is 0 Å². The molecule has 9 rings (SSSR count). The van der Waals surface area contributed by atoms with Crippen LogP contribution in [-0.2, 0) is 0 Å². The summed E-state index contributed by atoms with van der Waals surface area (Å²) in [5, 5.41) is 4.35. The van der Waals surface area contributed by atoms with Gasteiger partial charge < -0.3 is 4.74 Å². The number of ether oxygens (including phenoxy) is 1. The van der Waals surface area contributed by atoms with Gasteiger partial charge in [0.1, 0.15) is 23.0 Å². The molecule has 0 aliphatic heterocycles. The van der Waals surface area contributed by atoms with Crippen molar-refractivity contribution in [2.75, 3.05) is 0 Å². The van der Waals surface area contributed by atoms with Crippen molar-refractivity contribution in [3.8, 4) is 28.6 Å². The van der Waals surface area contributed by atoms with Crippen LogP contribution in [0.3, 0.4) is 0 Å². The molecule has 5 heterocycles. The van der Waals surface area contributed by atoms with Gasteiger partial charge in [-0.3, -0.25) is 14.0 Å². The van der Waals surface area contributed by atoms with E-state index in [1.54, 1.807) is 0 Å². The minimum atomic E-state index is 0.733. The minimum Gasteiger partial charge on any atom is -0.457 e. The Morgan fingerprint density at radius 1 is 0.587 bits per heavy atom. The molecule has 46 heavy (non-hydrogen) atoms. The van der Waals surface area contributed by atoms with E-state index in [2.05, 4.69) is 108 Å². The van der Waals surface area contributed by atoms with Crippen LogP contribution in [0.25, 0.3) is 66.3 Å². The second-order valence-corrected chi connectivity index (χ2v) is 12.0. The molecular weight excluding hydrogens is 566 g/mol. The van der Waals surface area contributed by atoms with E-state index in [4.69, 9.17) is 14.7 Å². The van der Waals surface area contributed by atoms with E-state index in [1.807, 2.05) is 48.8 Å². The maximum Gasteiger partial charge on any atom is 0.146 e. The number of imidazole rings is 1. The molecule has 4 aromatic carbocycles. The maximum atomic E-state index is 6.59. The molecule has 5 aromatic heterocycles. The SMILES string of the molecule is Cc1cc(C)c(-c2cn3c4cccnc4c4ccc(Oc5ccc6c7ccccc7n(-c7ccccn7)c6c5)cc4c3n2)c(C)c1. The molecule has 0 amide bonds. The molecule has 220 valence electrons. The average Bonchev–Trinajstić information content (AvgIpc) is 3.65. The Morgan fingerprint density at radius 2 is 1.30 bits per heavy atom. The summed E-state index contributed by atoms with van der Waals surface area (Å²) >= 11 is 0. The van der Waals surface area contributed by atoms with Gasteiger partial charge in [-0.15, -0.1) is 0 Å². The number of pyridine rings is 3. The van der Waals surface area contributed by atoms with Crippen molar-refractivity contribution in [3.05, 3.63) is 138 Å². The lowest BCUT2D eigenvalue weighted by Gasteiger charge is -2.11. The van der Waals surface area contributed by atoms with Crippen LogP contribution >= 0.6 is 0 Å². The summed E-state index contributed by atoms with van der Waals surface area (Å²) in [6, 6.07) is 35.4. The predicted molar refractivity (Wildman–Crippen MR) is 186 cm³/mol. The van der Waals surface area contributed by atoms with Gasteiger partial charge >= 0.3 is 0 Å². The van der Waals surface area contributed by atoms with Crippen LogP contribution in [0, 0.1) is 20.8 Å². The van der Waals surface area contributed by atoms with Crippen LogP contribution in [-0.4, -0.2) is 23.9 Å². The zero-order valence-electron chi connectivity index (χ0n) is 25.7. The van der Waals surface area contributed by atoms with Crippen molar-refractivity contribution < 1.29 is 4.74 Å². The summed E-state index contributed by atoms with van der Waals surface area (Å²) in [7, 11) is 0. The van der Waals surface area contributed by atoms with Gasteiger partial charge in [0, 0.05) is 51.8 Å². The number of para-hydroxylation sites is 1. The fraction of sp³-hybridized carbons (Fsp3) is 0.0750. The minimum absolute atomic E-state index is 0.733. The Kier molecular flexibility index (Phi) is 5.74. The summed E-state index contributed by atoms with van der Waals surface area (Å²) in [6.07, 6.45) is 5.81. The average molecular weight is 596 g/mol. The Bertz CT molecular complexity index is 2630. The van der Waals surface area contributed by atoms with Gasteiger partial charge in [-0.05, 0) is 92.6 Å². The topological polar surface area (TPSA) is 57.2 Å². The molecule has 0 unspecified atom stereocenters. The normalized spacial score (nSPS) is 11.8. The first kappa shape index (κ1) is 26.4. The van der Waals surface area contributed by atoms with Crippen molar-refractivity contribution in [2.45, 2.75) is 20.8 Å².